The molecule has 0 fully saturated rings. The minimum absolute atomic E-state index is 0.308. The van der Waals surface area contributed by atoms with Crippen molar-refractivity contribution in [1.82, 2.24) is 19.1 Å². The Labute approximate surface area is 169 Å². The van der Waals surface area contributed by atoms with Crippen LogP contribution in [0.2, 0.25) is 0 Å². The molecule has 0 unspecified atom stereocenters. The van der Waals surface area contributed by atoms with Gasteiger partial charge in [-0.25, -0.2) is 10.2 Å². The lowest BCUT2D eigenvalue weighted by Crippen LogP contribution is -2.29. The molecule has 9 nitrogen and oxygen atoms in total. The number of hydrogen-bond acceptors (Lipinski definition) is 6. The van der Waals surface area contributed by atoms with Crippen LogP contribution >= 0.6 is 15.9 Å². The molecule has 28 heavy (non-hydrogen) atoms. The average molecular weight is 449 g/mol. The average Bonchev–Trinajstić information content (AvgIpc) is 3.04. The number of benzene rings is 1. The molecule has 0 aliphatic heterocycles. The first-order valence-electron chi connectivity index (χ1n) is 8.78. The van der Waals surface area contributed by atoms with Crippen molar-refractivity contribution < 1.29 is 4.74 Å². The van der Waals surface area contributed by atoms with Gasteiger partial charge in [-0.3, -0.25) is 14.3 Å². The smallest absolute Gasteiger partial charge is 0.329 e. The molecule has 3 aromatic rings. The van der Waals surface area contributed by atoms with Crippen LogP contribution in [0.25, 0.3) is 11.2 Å². The number of hydrogen-bond donors (Lipinski definition) is 2. The van der Waals surface area contributed by atoms with E-state index in [9.17, 15) is 9.59 Å². The summed E-state index contributed by atoms with van der Waals surface area (Å²) >= 11 is 3.42. The molecule has 2 N–H and O–H groups in total. The maximum atomic E-state index is 12.3. The first-order valence-corrected chi connectivity index (χ1v) is 9.57. The molecule has 0 aliphatic carbocycles. The minimum Gasteiger partial charge on any atom is -0.496 e. The van der Waals surface area contributed by atoms with Crippen molar-refractivity contribution in [3.05, 3.63) is 49.1 Å². The fourth-order valence-electron chi connectivity index (χ4n) is 2.82. The number of hydrazone groups is 1. The van der Waals surface area contributed by atoms with Crippen molar-refractivity contribution in [1.29, 1.82) is 0 Å². The number of fused-ring (bicyclic) bond motifs is 1. The number of ether oxygens (including phenoxy) is 1. The summed E-state index contributed by atoms with van der Waals surface area (Å²) in [6.07, 6.45) is 3.41. The molecule has 0 radical (unpaired) electrons. The van der Waals surface area contributed by atoms with E-state index in [1.54, 1.807) is 24.9 Å². The topological polar surface area (TPSA) is 106 Å². The van der Waals surface area contributed by atoms with E-state index in [-0.39, 0.29) is 0 Å². The molecular formula is C18H21BrN6O3. The second-order valence-electron chi connectivity index (χ2n) is 6.19. The summed E-state index contributed by atoms with van der Waals surface area (Å²) in [4.78, 5) is 31.0. The van der Waals surface area contributed by atoms with Crippen LogP contribution in [0.4, 0.5) is 5.95 Å². The molecular weight excluding hydrogens is 428 g/mol. The summed E-state index contributed by atoms with van der Waals surface area (Å²) in [5, 5.41) is 4.25. The van der Waals surface area contributed by atoms with Gasteiger partial charge in [-0.1, -0.05) is 29.3 Å². The van der Waals surface area contributed by atoms with Gasteiger partial charge >= 0.3 is 5.69 Å². The molecule has 2 heterocycles. The number of anilines is 1. The van der Waals surface area contributed by atoms with Gasteiger partial charge in [0.15, 0.2) is 11.2 Å². The third kappa shape index (κ3) is 3.86. The predicted molar refractivity (Wildman–Crippen MR) is 112 cm³/mol. The Bertz CT molecular complexity index is 1140. The number of halogens is 1. The highest BCUT2D eigenvalue weighted by atomic mass is 79.9. The lowest BCUT2D eigenvalue weighted by atomic mass is 10.2. The molecule has 0 amide bonds. The normalized spacial score (nSPS) is 11.4. The highest BCUT2D eigenvalue weighted by molar-refractivity contribution is 9.10. The third-order valence-electron chi connectivity index (χ3n) is 4.30. The zero-order valence-electron chi connectivity index (χ0n) is 15.8. The quantitative estimate of drug-likeness (QED) is 0.426. The molecule has 0 spiro atoms. The molecule has 10 heteroatoms. The zero-order chi connectivity index (χ0) is 20.3. The lowest BCUT2D eigenvalue weighted by Gasteiger charge is -2.07. The van der Waals surface area contributed by atoms with Crippen molar-refractivity contribution in [3.63, 3.8) is 0 Å². The Balaban J connectivity index is 2.02. The first-order chi connectivity index (χ1) is 13.5. The lowest BCUT2D eigenvalue weighted by molar-refractivity contribution is 0.414. The van der Waals surface area contributed by atoms with E-state index in [4.69, 9.17) is 4.74 Å². The number of aromatic nitrogens is 4. The van der Waals surface area contributed by atoms with E-state index in [2.05, 4.69) is 43.3 Å². The summed E-state index contributed by atoms with van der Waals surface area (Å²) in [7, 11) is 3.15. The van der Waals surface area contributed by atoms with E-state index in [1.807, 2.05) is 18.2 Å². The maximum Gasteiger partial charge on any atom is 0.329 e. The van der Waals surface area contributed by atoms with Crippen LogP contribution in [-0.2, 0) is 13.6 Å². The summed E-state index contributed by atoms with van der Waals surface area (Å²) < 4.78 is 9.28. The predicted octanol–water partition coefficient (Wildman–Crippen LogP) is 2.44. The van der Waals surface area contributed by atoms with Gasteiger partial charge in [0.05, 0.1) is 13.3 Å². The third-order valence-corrected chi connectivity index (χ3v) is 4.80. The fourth-order valence-corrected chi connectivity index (χ4v) is 3.20. The Morgan fingerprint density at radius 1 is 1.39 bits per heavy atom. The SMILES string of the molecule is CCCCn1c(N/N=C/c2cc(Br)ccc2OC)nc2c1c(=O)[nH]c(=O)n2C. The minimum atomic E-state index is -0.508. The Morgan fingerprint density at radius 2 is 2.18 bits per heavy atom. The number of H-pyrrole nitrogens is 1. The number of imidazole rings is 1. The number of nitrogens with zero attached hydrogens (tertiary/aromatic N) is 4. The number of unbranched alkanes of at least 4 members (excludes halogenated alkanes) is 1. The van der Waals surface area contributed by atoms with Gasteiger partial charge in [0.1, 0.15) is 5.75 Å². The monoisotopic (exact) mass is 448 g/mol. The van der Waals surface area contributed by atoms with E-state index in [1.165, 1.54) is 4.57 Å². The largest absolute Gasteiger partial charge is 0.496 e. The van der Waals surface area contributed by atoms with E-state index in [0.29, 0.717) is 29.4 Å². The van der Waals surface area contributed by atoms with E-state index >= 15 is 0 Å². The second-order valence-corrected chi connectivity index (χ2v) is 7.10. The summed E-state index contributed by atoms with van der Waals surface area (Å²) in [5.74, 6) is 1.06. The first kappa shape index (κ1) is 19.9. The van der Waals surface area contributed by atoms with E-state index < -0.39 is 11.2 Å². The standard InChI is InChI=1S/C18H21BrN6O3/c1-4-5-8-25-14-15(24(2)18(27)22-16(14)26)21-17(25)23-20-10-11-9-12(19)6-7-13(11)28-3/h6-7,9-10H,4-5,8H2,1-3H3,(H,21,23)(H,22,26,27)/b20-10+. The van der Waals surface area contributed by atoms with Gasteiger partial charge in [-0.05, 0) is 24.6 Å². The van der Waals surface area contributed by atoms with Crippen LogP contribution in [-0.4, -0.2) is 32.4 Å². The zero-order valence-corrected chi connectivity index (χ0v) is 17.4. The molecule has 0 atom stereocenters. The molecule has 0 bridgehead atoms. The van der Waals surface area contributed by atoms with Gasteiger partial charge in [0, 0.05) is 23.6 Å². The van der Waals surface area contributed by atoms with Crippen LogP contribution < -0.4 is 21.4 Å². The van der Waals surface area contributed by atoms with Gasteiger partial charge in [-0.2, -0.15) is 10.1 Å². The van der Waals surface area contributed by atoms with Crippen molar-refractivity contribution >= 4 is 39.3 Å². The van der Waals surface area contributed by atoms with Crippen molar-refractivity contribution in [3.8, 4) is 5.75 Å². The highest BCUT2D eigenvalue weighted by Crippen LogP contribution is 2.21. The number of methoxy groups -OCH3 is 1. The molecule has 3 rings (SSSR count). The van der Waals surface area contributed by atoms with E-state index in [0.717, 1.165) is 22.9 Å². The Hall–Kier alpha value is -2.88. The van der Waals surface area contributed by atoms with Crippen LogP contribution in [0.3, 0.4) is 0 Å². The Morgan fingerprint density at radius 3 is 2.89 bits per heavy atom. The van der Waals surface area contributed by atoms with Crippen molar-refractivity contribution in [2.24, 2.45) is 12.1 Å². The molecule has 1 aromatic carbocycles. The van der Waals surface area contributed by atoms with Gasteiger partial charge < -0.3 is 9.30 Å². The molecule has 0 aliphatic rings. The van der Waals surface area contributed by atoms with Gasteiger partial charge in [0.25, 0.3) is 5.56 Å². The molecule has 0 saturated carbocycles. The summed E-state index contributed by atoms with van der Waals surface area (Å²) in [6.45, 7) is 2.64. The number of rotatable bonds is 7. The second kappa shape index (κ2) is 8.42. The van der Waals surface area contributed by atoms with Gasteiger partial charge in [0.2, 0.25) is 5.95 Å². The number of nitrogens with one attached hydrogen (secondary N) is 2. The molecule has 0 saturated heterocycles. The van der Waals surface area contributed by atoms with Crippen LogP contribution in [0.1, 0.15) is 25.3 Å². The number of aryl methyl sites for hydroxylation is 2. The highest BCUT2D eigenvalue weighted by Gasteiger charge is 2.16. The maximum absolute atomic E-state index is 12.3. The fraction of sp³-hybridized carbons (Fsp3) is 0.333. The van der Waals surface area contributed by atoms with Crippen LogP contribution in [0, 0.1) is 0 Å². The molecule has 2 aromatic heterocycles. The summed E-state index contributed by atoms with van der Waals surface area (Å²) in [6, 6.07) is 5.58. The van der Waals surface area contributed by atoms with Gasteiger partial charge in [-0.15, -0.1) is 0 Å². The summed E-state index contributed by atoms with van der Waals surface area (Å²) in [5.41, 5.74) is 3.33. The number of aromatic amines is 1. The van der Waals surface area contributed by atoms with Crippen molar-refractivity contribution in [2.75, 3.05) is 12.5 Å². The Kier molecular flexibility index (Phi) is 5.98. The molecule has 148 valence electrons. The van der Waals surface area contributed by atoms with Crippen molar-refractivity contribution in [2.45, 2.75) is 26.3 Å². The van der Waals surface area contributed by atoms with Crippen LogP contribution in [0.5, 0.6) is 5.75 Å². The van der Waals surface area contributed by atoms with Crippen LogP contribution in [0.15, 0.2) is 37.4 Å².